The molecule has 0 bridgehead atoms. The van der Waals surface area contributed by atoms with Crippen LogP contribution in [0.3, 0.4) is 0 Å². The molecule has 4 N–H and O–H groups in total. The van der Waals surface area contributed by atoms with Gasteiger partial charge < -0.3 is 16.4 Å². The highest BCUT2D eigenvalue weighted by atomic mass is 16.1. The van der Waals surface area contributed by atoms with Crippen molar-refractivity contribution >= 4 is 5.91 Å². The Morgan fingerprint density at radius 1 is 1.57 bits per heavy atom. The highest BCUT2D eigenvalue weighted by molar-refractivity contribution is 5.76. The molecule has 0 aromatic heterocycles. The summed E-state index contributed by atoms with van der Waals surface area (Å²) in [5, 5.41) is 5.75. The molecule has 4 nitrogen and oxygen atoms in total. The summed E-state index contributed by atoms with van der Waals surface area (Å²) in [6.07, 6.45) is 1.22. The number of nitrogens with two attached hydrogens (primary N) is 1. The van der Waals surface area contributed by atoms with Gasteiger partial charge in [0, 0.05) is 39.0 Å². The van der Waals surface area contributed by atoms with E-state index in [1.54, 1.807) is 7.05 Å². The monoisotopic (exact) mass is 197 g/mol. The number of amides is 1. The average molecular weight is 197 g/mol. The van der Waals surface area contributed by atoms with E-state index in [-0.39, 0.29) is 11.9 Å². The molecule has 1 amide bonds. The Morgan fingerprint density at radius 2 is 2.29 bits per heavy atom. The van der Waals surface area contributed by atoms with E-state index in [2.05, 4.69) is 22.5 Å². The van der Waals surface area contributed by atoms with Crippen molar-refractivity contribution in [2.75, 3.05) is 20.1 Å². The standard InChI is InChI=1S/C10H19N3O/c1-3-4-5-6-13-9(8-11)7-10(14)12-2/h9,13H,5-8,11H2,1-2H3,(H,12,14). The summed E-state index contributed by atoms with van der Waals surface area (Å²) in [5.74, 6) is 5.76. The van der Waals surface area contributed by atoms with Crippen LogP contribution in [0.4, 0.5) is 0 Å². The van der Waals surface area contributed by atoms with Gasteiger partial charge in [0.2, 0.25) is 5.91 Å². The highest BCUT2D eigenvalue weighted by Gasteiger charge is 2.09. The number of nitrogens with one attached hydrogen (secondary N) is 2. The Bertz CT molecular complexity index is 217. The Hall–Kier alpha value is -1.05. The Kier molecular flexibility index (Phi) is 7.90. The van der Waals surface area contributed by atoms with Crippen LogP contribution in [0, 0.1) is 11.8 Å². The SMILES string of the molecule is CC#CCCNC(CN)CC(=O)NC. The first-order valence-corrected chi connectivity index (χ1v) is 4.78. The summed E-state index contributed by atoms with van der Waals surface area (Å²) in [6.45, 7) is 3.05. The second-order valence-electron chi connectivity index (χ2n) is 2.94. The van der Waals surface area contributed by atoms with E-state index in [9.17, 15) is 4.79 Å². The van der Waals surface area contributed by atoms with E-state index >= 15 is 0 Å². The molecule has 1 unspecified atom stereocenters. The van der Waals surface area contributed by atoms with Crippen LogP contribution in [0.1, 0.15) is 19.8 Å². The first kappa shape index (κ1) is 12.9. The number of hydrogen-bond acceptors (Lipinski definition) is 3. The number of carbonyl (C=O) groups is 1. The van der Waals surface area contributed by atoms with Crippen molar-refractivity contribution in [2.24, 2.45) is 5.73 Å². The van der Waals surface area contributed by atoms with Gasteiger partial charge in [-0.25, -0.2) is 0 Å². The molecule has 0 aromatic carbocycles. The quantitative estimate of drug-likeness (QED) is 0.395. The van der Waals surface area contributed by atoms with Gasteiger partial charge in [0.1, 0.15) is 0 Å². The molecule has 0 rings (SSSR count). The molecule has 1 atom stereocenters. The lowest BCUT2D eigenvalue weighted by Gasteiger charge is -2.14. The van der Waals surface area contributed by atoms with Crippen molar-refractivity contribution in [2.45, 2.75) is 25.8 Å². The van der Waals surface area contributed by atoms with Crippen molar-refractivity contribution in [3.8, 4) is 11.8 Å². The van der Waals surface area contributed by atoms with Crippen LogP contribution in [0.25, 0.3) is 0 Å². The maximum atomic E-state index is 11.0. The predicted octanol–water partition coefficient (Wildman–Crippen LogP) is -0.547. The topological polar surface area (TPSA) is 67.1 Å². The molecule has 0 spiro atoms. The second kappa shape index (κ2) is 8.54. The average Bonchev–Trinajstić information content (AvgIpc) is 2.22. The van der Waals surface area contributed by atoms with Crippen molar-refractivity contribution in [3.05, 3.63) is 0 Å². The predicted molar refractivity (Wildman–Crippen MR) is 57.6 cm³/mol. The van der Waals surface area contributed by atoms with E-state index in [1.807, 2.05) is 6.92 Å². The van der Waals surface area contributed by atoms with Gasteiger partial charge in [-0.3, -0.25) is 4.79 Å². The van der Waals surface area contributed by atoms with Crippen LogP contribution >= 0.6 is 0 Å². The Morgan fingerprint density at radius 3 is 2.79 bits per heavy atom. The number of hydrogen-bond donors (Lipinski definition) is 3. The normalized spacial score (nSPS) is 11.4. The number of carbonyl (C=O) groups excluding carboxylic acids is 1. The van der Waals surface area contributed by atoms with E-state index in [0.717, 1.165) is 13.0 Å². The van der Waals surface area contributed by atoms with Crippen molar-refractivity contribution < 1.29 is 4.79 Å². The fraction of sp³-hybridized carbons (Fsp3) is 0.700. The van der Waals surface area contributed by atoms with Gasteiger partial charge in [0.05, 0.1) is 0 Å². The summed E-state index contributed by atoms with van der Waals surface area (Å²) in [4.78, 5) is 11.0. The fourth-order valence-electron chi connectivity index (χ4n) is 1.03. The summed E-state index contributed by atoms with van der Waals surface area (Å²) < 4.78 is 0. The lowest BCUT2D eigenvalue weighted by Crippen LogP contribution is -2.40. The van der Waals surface area contributed by atoms with Crippen LogP contribution in [0.15, 0.2) is 0 Å². The molecule has 14 heavy (non-hydrogen) atoms. The van der Waals surface area contributed by atoms with Gasteiger partial charge in [-0.05, 0) is 6.92 Å². The maximum Gasteiger partial charge on any atom is 0.221 e. The van der Waals surface area contributed by atoms with Crippen LogP contribution in [-0.4, -0.2) is 32.1 Å². The molecule has 0 aromatic rings. The van der Waals surface area contributed by atoms with Gasteiger partial charge in [0.25, 0.3) is 0 Å². The molecule has 80 valence electrons. The largest absolute Gasteiger partial charge is 0.359 e. The Balaban J connectivity index is 3.66. The molecule has 0 saturated carbocycles. The van der Waals surface area contributed by atoms with E-state index < -0.39 is 0 Å². The van der Waals surface area contributed by atoms with E-state index in [0.29, 0.717) is 13.0 Å². The van der Waals surface area contributed by atoms with Gasteiger partial charge in [-0.15, -0.1) is 11.8 Å². The van der Waals surface area contributed by atoms with Crippen molar-refractivity contribution in [3.63, 3.8) is 0 Å². The summed E-state index contributed by atoms with van der Waals surface area (Å²) in [5.41, 5.74) is 5.51. The first-order chi connectivity index (χ1) is 6.74. The third-order valence-corrected chi connectivity index (χ3v) is 1.85. The van der Waals surface area contributed by atoms with E-state index in [4.69, 9.17) is 5.73 Å². The molecule has 0 radical (unpaired) electrons. The maximum absolute atomic E-state index is 11.0. The lowest BCUT2D eigenvalue weighted by atomic mass is 10.2. The van der Waals surface area contributed by atoms with Crippen LogP contribution in [0.5, 0.6) is 0 Å². The van der Waals surface area contributed by atoms with Gasteiger partial charge in [-0.2, -0.15) is 0 Å². The zero-order valence-electron chi connectivity index (χ0n) is 8.89. The smallest absolute Gasteiger partial charge is 0.221 e. The minimum Gasteiger partial charge on any atom is -0.359 e. The summed E-state index contributed by atoms with van der Waals surface area (Å²) >= 11 is 0. The third kappa shape index (κ3) is 6.46. The van der Waals surface area contributed by atoms with Gasteiger partial charge >= 0.3 is 0 Å². The third-order valence-electron chi connectivity index (χ3n) is 1.85. The first-order valence-electron chi connectivity index (χ1n) is 4.78. The molecule has 0 saturated heterocycles. The molecular weight excluding hydrogens is 178 g/mol. The molecule has 0 fully saturated rings. The van der Waals surface area contributed by atoms with Crippen LogP contribution in [-0.2, 0) is 4.79 Å². The van der Waals surface area contributed by atoms with Gasteiger partial charge in [0.15, 0.2) is 0 Å². The molecular formula is C10H19N3O. The van der Waals surface area contributed by atoms with Gasteiger partial charge in [-0.1, -0.05) is 0 Å². The molecule has 0 heterocycles. The highest BCUT2D eigenvalue weighted by Crippen LogP contribution is 1.89. The zero-order chi connectivity index (χ0) is 10.8. The Labute approximate surface area is 85.6 Å². The number of rotatable bonds is 6. The molecule has 4 heteroatoms. The summed E-state index contributed by atoms with van der Waals surface area (Å²) in [6, 6.07) is 0.0496. The molecule has 0 aliphatic rings. The minimum absolute atomic E-state index is 0.00882. The lowest BCUT2D eigenvalue weighted by molar-refractivity contribution is -0.121. The van der Waals surface area contributed by atoms with Crippen LogP contribution in [0.2, 0.25) is 0 Å². The van der Waals surface area contributed by atoms with E-state index in [1.165, 1.54) is 0 Å². The fourth-order valence-corrected chi connectivity index (χ4v) is 1.03. The summed E-state index contributed by atoms with van der Waals surface area (Å²) in [7, 11) is 1.62. The zero-order valence-corrected chi connectivity index (χ0v) is 8.89. The second-order valence-corrected chi connectivity index (χ2v) is 2.94. The van der Waals surface area contributed by atoms with Crippen molar-refractivity contribution in [1.82, 2.24) is 10.6 Å². The van der Waals surface area contributed by atoms with Crippen LogP contribution < -0.4 is 16.4 Å². The minimum atomic E-state index is 0.00882. The molecule has 0 aliphatic carbocycles. The molecule has 0 aliphatic heterocycles. The van der Waals surface area contributed by atoms with Crippen molar-refractivity contribution in [1.29, 1.82) is 0 Å².